The number of nitrogens with one attached hydrogen (secondary N) is 2. The number of ketones is 1. The maximum absolute atomic E-state index is 11.8. The zero-order valence-corrected chi connectivity index (χ0v) is 13.1. The largest absolute Gasteiger partial charge is 0.370 e. The van der Waals surface area contributed by atoms with Crippen molar-refractivity contribution >= 4 is 17.4 Å². The predicted octanol–water partition coefficient (Wildman–Crippen LogP) is -1.69. The highest BCUT2D eigenvalue weighted by molar-refractivity contribution is 5.95. The van der Waals surface area contributed by atoms with Crippen molar-refractivity contribution in [3.63, 3.8) is 0 Å². The molecule has 1 heterocycles. The number of anilines is 1. The molecular weight excluding hydrogens is 282 g/mol. The molecule has 1 aliphatic rings. The Morgan fingerprint density at radius 1 is 1.23 bits per heavy atom. The molecule has 1 saturated heterocycles. The van der Waals surface area contributed by atoms with Gasteiger partial charge in [0.25, 0.3) is 5.91 Å². The van der Waals surface area contributed by atoms with Gasteiger partial charge in [0.2, 0.25) is 0 Å². The van der Waals surface area contributed by atoms with Gasteiger partial charge in [0.1, 0.15) is 26.2 Å². The molecule has 1 fully saturated rings. The van der Waals surface area contributed by atoms with Crippen LogP contribution < -0.4 is 15.5 Å². The second-order valence-corrected chi connectivity index (χ2v) is 5.58. The van der Waals surface area contributed by atoms with Crippen molar-refractivity contribution in [2.24, 2.45) is 0 Å². The number of benzene rings is 1. The number of carbonyl (C=O) groups excluding carboxylic acids is 2. The zero-order valence-electron chi connectivity index (χ0n) is 13.1. The Hall–Kier alpha value is -1.76. The lowest BCUT2D eigenvalue weighted by atomic mass is 10.1. The SMILES string of the molecule is CC(=O)c1ccc(NC(=O)C[NH2+]CC[NH+]2CCOCC2)cc1. The fraction of sp³-hybridized carbons (Fsp3) is 0.500. The minimum absolute atomic E-state index is 0.0208. The molecule has 0 atom stereocenters. The van der Waals surface area contributed by atoms with Gasteiger partial charge in [0, 0.05) is 11.3 Å². The molecule has 6 heteroatoms. The van der Waals surface area contributed by atoms with Crippen LogP contribution in [0.15, 0.2) is 24.3 Å². The molecule has 1 aromatic carbocycles. The van der Waals surface area contributed by atoms with Gasteiger partial charge in [-0.1, -0.05) is 0 Å². The van der Waals surface area contributed by atoms with E-state index in [4.69, 9.17) is 4.74 Å². The lowest BCUT2D eigenvalue weighted by molar-refractivity contribution is -0.919. The van der Waals surface area contributed by atoms with E-state index in [0.29, 0.717) is 12.1 Å². The number of morpholine rings is 1. The van der Waals surface area contributed by atoms with Gasteiger partial charge in [-0.3, -0.25) is 9.59 Å². The number of Topliss-reactive ketones (excluding diaryl/α,β-unsaturated/α-hetero) is 1. The maximum atomic E-state index is 11.8. The first-order valence-corrected chi connectivity index (χ1v) is 7.79. The van der Waals surface area contributed by atoms with Crippen LogP contribution >= 0.6 is 0 Å². The molecule has 6 nitrogen and oxygen atoms in total. The van der Waals surface area contributed by atoms with Crippen LogP contribution in [0.25, 0.3) is 0 Å². The molecule has 120 valence electrons. The highest BCUT2D eigenvalue weighted by Gasteiger charge is 2.14. The van der Waals surface area contributed by atoms with Gasteiger partial charge in [0.05, 0.1) is 13.2 Å². The van der Waals surface area contributed by atoms with E-state index in [-0.39, 0.29) is 11.7 Å². The molecule has 0 spiro atoms. The zero-order chi connectivity index (χ0) is 15.8. The molecule has 1 aromatic rings. The van der Waals surface area contributed by atoms with E-state index >= 15 is 0 Å². The number of hydrogen-bond acceptors (Lipinski definition) is 3. The van der Waals surface area contributed by atoms with Gasteiger partial charge in [0.15, 0.2) is 12.3 Å². The normalized spacial score (nSPS) is 15.5. The van der Waals surface area contributed by atoms with Crippen LogP contribution in [0.2, 0.25) is 0 Å². The smallest absolute Gasteiger partial charge is 0.279 e. The third-order valence-electron chi connectivity index (χ3n) is 3.81. The van der Waals surface area contributed by atoms with E-state index in [2.05, 4.69) is 5.32 Å². The molecule has 1 amide bonds. The van der Waals surface area contributed by atoms with Crippen LogP contribution in [-0.2, 0) is 9.53 Å². The van der Waals surface area contributed by atoms with Crippen molar-refractivity contribution in [3.8, 4) is 0 Å². The molecule has 4 N–H and O–H groups in total. The third kappa shape index (κ3) is 5.55. The quantitative estimate of drug-likeness (QED) is 0.415. The molecule has 22 heavy (non-hydrogen) atoms. The first-order valence-electron chi connectivity index (χ1n) is 7.79. The van der Waals surface area contributed by atoms with Gasteiger partial charge in [-0.05, 0) is 31.2 Å². The summed E-state index contributed by atoms with van der Waals surface area (Å²) in [5, 5.41) is 4.87. The predicted molar refractivity (Wildman–Crippen MR) is 83.1 cm³/mol. The van der Waals surface area contributed by atoms with Gasteiger partial charge < -0.3 is 20.3 Å². The van der Waals surface area contributed by atoms with Crippen LogP contribution in [0.4, 0.5) is 5.69 Å². The first kappa shape index (κ1) is 16.6. The molecule has 0 aromatic heterocycles. The Morgan fingerprint density at radius 3 is 2.55 bits per heavy atom. The minimum atomic E-state index is -0.0208. The molecular formula is C16H25N3O3+2. The average molecular weight is 307 g/mol. The molecule has 0 aliphatic carbocycles. The van der Waals surface area contributed by atoms with E-state index in [0.717, 1.165) is 45.1 Å². The van der Waals surface area contributed by atoms with E-state index in [9.17, 15) is 9.59 Å². The number of amides is 1. The fourth-order valence-electron chi connectivity index (χ4n) is 2.45. The van der Waals surface area contributed by atoms with Gasteiger partial charge >= 0.3 is 0 Å². The summed E-state index contributed by atoms with van der Waals surface area (Å²) in [6.07, 6.45) is 0. The number of ether oxygens (including phenoxy) is 1. The molecule has 1 aliphatic heterocycles. The number of quaternary nitrogens is 2. The second kappa shape index (κ2) is 8.63. The van der Waals surface area contributed by atoms with Crippen LogP contribution in [0.1, 0.15) is 17.3 Å². The summed E-state index contributed by atoms with van der Waals surface area (Å²) < 4.78 is 5.32. The van der Waals surface area contributed by atoms with Gasteiger partial charge in [-0.2, -0.15) is 0 Å². The van der Waals surface area contributed by atoms with Crippen LogP contribution in [-0.4, -0.2) is 57.6 Å². The Bertz CT molecular complexity index is 496. The summed E-state index contributed by atoms with van der Waals surface area (Å²) in [5.74, 6) is 0.00405. The van der Waals surface area contributed by atoms with E-state index in [1.807, 2.05) is 5.32 Å². The molecule has 0 saturated carbocycles. The Morgan fingerprint density at radius 2 is 1.91 bits per heavy atom. The van der Waals surface area contributed by atoms with Crippen molar-refractivity contribution in [3.05, 3.63) is 29.8 Å². The minimum Gasteiger partial charge on any atom is -0.370 e. The summed E-state index contributed by atoms with van der Waals surface area (Å²) in [5.41, 5.74) is 1.38. The van der Waals surface area contributed by atoms with E-state index < -0.39 is 0 Å². The van der Waals surface area contributed by atoms with Crippen LogP contribution in [0, 0.1) is 0 Å². The molecule has 2 rings (SSSR count). The van der Waals surface area contributed by atoms with Gasteiger partial charge in [-0.15, -0.1) is 0 Å². The summed E-state index contributed by atoms with van der Waals surface area (Å²) >= 11 is 0. The van der Waals surface area contributed by atoms with Crippen molar-refractivity contribution in [2.45, 2.75) is 6.92 Å². The van der Waals surface area contributed by atoms with Crippen molar-refractivity contribution in [1.29, 1.82) is 0 Å². The summed E-state index contributed by atoms with van der Waals surface area (Å²) in [4.78, 5) is 24.6. The standard InChI is InChI=1S/C16H23N3O3/c1-13(20)14-2-4-15(5-3-14)18-16(21)12-17-6-7-19-8-10-22-11-9-19/h2-5,17H,6-12H2,1H3,(H,18,21)/p+2. The Kier molecular flexibility index (Phi) is 6.51. The monoisotopic (exact) mass is 307 g/mol. The van der Waals surface area contributed by atoms with Crippen molar-refractivity contribution < 1.29 is 24.5 Å². The number of rotatable bonds is 7. The molecule has 0 unspecified atom stereocenters. The van der Waals surface area contributed by atoms with Crippen LogP contribution in [0.3, 0.4) is 0 Å². The fourth-order valence-corrected chi connectivity index (χ4v) is 2.45. The summed E-state index contributed by atoms with van der Waals surface area (Å²) in [6, 6.07) is 6.96. The van der Waals surface area contributed by atoms with E-state index in [1.54, 1.807) is 29.2 Å². The Labute approximate surface area is 130 Å². The van der Waals surface area contributed by atoms with Crippen LogP contribution in [0.5, 0.6) is 0 Å². The third-order valence-corrected chi connectivity index (χ3v) is 3.81. The lowest BCUT2D eigenvalue weighted by Crippen LogP contribution is -3.16. The molecule has 0 radical (unpaired) electrons. The summed E-state index contributed by atoms with van der Waals surface area (Å²) in [6.45, 7) is 7.73. The summed E-state index contributed by atoms with van der Waals surface area (Å²) in [7, 11) is 0. The van der Waals surface area contributed by atoms with E-state index in [1.165, 1.54) is 6.92 Å². The number of hydrogen-bond donors (Lipinski definition) is 3. The average Bonchev–Trinajstić information content (AvgIpc) is 2.53. The number of carbonyl (C=O) groups is 2. The highest BCUT2D eigenvalue weighted by atomic mass is 16.5. The maximum Gasteiger partial charge on any atom is 0.279 e. The second-order valence-electron chi connectivity index (χ2n) is 5.58. The highest BCUT2D eigenvalue weighted by Crippen LogP contribution is 2.09. The first-order chi connectivity index (χ1) is 10.6. The number of nitrogens with two attached hydrogens (primary N) is 1. The topological polar surface area (TPSA) is 76.5 Å². The van der Waals surface area contributed by atoms with Gasteiger partial charge in [-0.25, -0.2) is 0 Å². The van der Waals surface area contributed by atoms with Crippen molar-refractivity contribution in [2.75, 3.05) is 51.3 Å². The molecule has 0 bridgehead atoms. The van der Waals surface area contributed by atoms with Crippen molar-refractivity contribution in [1.82, 2.24) is 0 Å². The lowest BCUT2D eigenvalue weighted by Gasteiger charge is -2.22. The Balaban J connectivity index is 1.63.